The van der Waals surface area contributed by atoms with Gasteiger partial charge in [-0.05, 0) is 42.8 Å². The minimum absolute atomic E-state index is 0.567. The van der Waals surface area contributed by atoms with Gasteiger partial charge in [-0.15, -0.1) is 0 Å². The molecule has 0 saturated carbocycles. The van der Waals surface area contributed by atoms with E-state index < -0.39 is 0 Å². The molecule has 24 heavy (non-hydrogen) atoms. The minimum Gasteiger partial charge on any atom is -0.388 e. The summed E-state index contributed by atoms with van der Waals surface area (Å²) in [6.45, 7) is 6.05. The number of benzene rings is 1. The van der Waals surface area contributed by atoms with Crippen LogP contribution in [-0.2, 0) is 0 Å². The van der Waals surface area contributed by atoms with Crippen LogP contribution in [0.25, 0.3) is 11.3 Å². The lowest BCUT2D eigenvalue weighted by molar-refractivity contribution is 1.16. The van der Waals surface area contributed by atoms with E-state index in [1.807, 2.05) is 58.2 Å². The molecule has 0 aliphatic carbocycles. The zero-order chi connectivity index (χ0) is 17.4. The Morgan fingerprint density at radius 1 is 1.00 bits per heavy atom. The lowest BCUT2D eigenvalue weighted by Crippen LogP contribution is -2.00. The van der Waals surface area contributed by atoms with Crippen LogP contribution in [-0.4, -0.2) is 22.0 Å². The van der Waals surface area contributed by atoms with Crippen LogP contribution in [0.15, 0.2) is 55.0 Å². The third-order valence-corrected chi connectivity index (χ3v) is 3.39. The second-order valence-electron chi connectivity index (χ2n) is 4.91. The molecule has 0 bridgehead atoms. The zero-order valence-electron chi connectivity index (χ0n) is 14.5. The molecule has 0 atom stereocenters. The van der Waals surface area contributed by atoms with Gasteiger partial charge < -0.3 is 10.6 Å². The van der Waals surface area contributed by atoms with Crippen molar-refractivity contribution in [1.82, 2.24) is 15.0 Å². The monoisotopic (exact) mass is 321 g/mol. The molecule has 0 amide bonds. The van der Waals surface area contributed by atoms with E-state index in [0.717, 1.165) is 28.2 Å². The summed E-state index contributed by atoms with van der Waals surface area (Å²) in [6, 6.07) is 11.9. The van der Waals surface area contributed by atoms with E-state index in [2.05, 4.69) is 31.7 Å². The molecule has 1 aromatic carbocycles. The summed E-state index contributed by atoms with van der Waals surface area (Å²) in [5.74, 6) is 0.567. The predicted octanol–water partition coefficient (Wildman–Crippen LogP) is 4.66. The molecular formula is C19H23N5. The summed E-state index contributed by atoms with van der Waals surface area (Å²) in [5, 5.41) is 6.40. The molecule has 2 N–H and O–H groups in total. The maximum Gasteiger partial charge on any atom is 0.227 e. The van der Waals surface area contributed by atoms with Gasteiger partial charge >= 0.3 is 0 Å². The van der Waals surface area contributed by atoms with Crippen molar-refractivity contribution in [3.63, 3.8) is 0 Å². The number of anilines is 3. The molecule has 2 aromatic heterocycles. The van der Waals surface area contributed by atoms with E-state index in [0.29, 0.717) is 5.95 Å². The fourth-order valence-corrected chi connectivity index (χ4v) is 2.13. The molecule has 0 aliphatic heterocycles. The van der Waals surface area contributed by atoms with Gasteiger partial charge in [0.1, 0.15) is 0 Å². The van der Waals surface area contributed by atoms with Crippen molar-refractivity contribution in [2.24, 2.45) is 0 Å². The highest BCUT2D eigenvalue weighted by Gasteiger charge is 2.05. The van der Waals surface area contributed by atoms with Crippen molar-refractivity contribution >= 4 is 17.3 Å². The number of nitrogens with one attached hydrogen (secondary N) is 2. The number of hydrogen-bond acceptors (Lipinski definition) is 5. The summed E-state index contributed by atoms with van der Waals surface area (Å²) in [7, 11) is 1.90. The molecule has 5 heteroatoms. The van der Waals surface area contributed by atoms with Crippen LogP contribution >= 0.6 is 0 Å². The minimum atomic E-state index is 0.567. The summed E-state index contributed by atoms with van der Waals surface area (Å²) in [6.07, 6.45) is 5.28. The first-order valence-electron chi connectivity index (χ1n) is 8.05. The topological polar surface area (TPSA) is 62.7 Å². The Morgan fingerprint density at radius 3 is 2.54 bits per heavy atom. The van der Waals surface area contributed by atoms with Gasteiger partial charge in [0.15, 0.2) is 0 Å². The number of hydrogen-bond donors (Lipinski definition) is 2. The predicted molar refractivity (Wildman–Crippen MR) is 101 cm³/mol. The molecule has 3 aromatic rings. The van der Waals surface area contributed by atoms with Crippen LogP contribution in [0.1, 0.15) is 19.4 Å². The van der Waals surface area contributed by atoms with Crippen molar-refractivity contribution in [1.29, 1.82) is 0 Å². The maximum atomic E-state index is 4.55. The first-order chi connectivity index (χ1) is 11.8. The summed E-state index contributed by atoms with van der Waals surface area (Å²) in [5.41, 5.74) is 4.96. The SMILES string of the molecule is CC.CNc1ccc(C)c(Nc2nccc(-c3cccnc3)n2)c1. The van der Waals surface area contributed by atoms with Gasteiger partial charge in [0.25, 0.3) is 0 Å². The number of aromatic nitrogens is 3. The molecule has 0 saturated heterocycles. The molecule has 0 aliphatic rings. The van der Waals surface area contributed by atoms with Gasteiger partial charge in [-0.25, -0.2) is 9.97 Å². The first-order valence-corrected chi connectivity index (χ1v) is 8.05. The Morgan fingerprint density at radius 2 is 1.83 bits per heavy atom. The molecule has 2 heterocycles. The van der Waals surface area contributed by atoms with Crippen molar-refractivity contribution in [3.8, 4) is 11.3 Å². The largest absolute Gasteiger partial charge is 0.388 e. The van der Waals surface area contributed by atoms with E-state index in [1.165, 1.54) is 0 Å². The van der Waals surface area contributed by atoms with Crippen molar-refractivity contribution in [2.45, 2.75) is 20.8 Å². The van der Waals surface area contributed by atoms with Crippen molar-refractivity contribution < 1.29 is 0 Å². The standard InChI is InChI=1S/C17H17N5.C2H6/c1-12-5-6-14(18-2)10-16(12)22-17-20-9-7-15(21-17)13-4-3-8-19-11-13;1-2/h3-11,18H,1-2H3,(H,20,21,22);1-2H3. The highest BCUT2D eigenvalue weighted by atomic mass is 15.1. The lowest BCUT2D eigenvalue weighted by Gasteiger charge is -2.11. The highest BCUT2D eigenvalue weighted by molar-refractivity contribution is 5.66. The van der Waals surface area contributed by atoms with Gasteiger partial charge in [-0.2, -0.15) is 0 Å². The fraction of sp³-hybridized carbons (Fsp3) is 0.211. The zero-order valence-corrected chi connectivity index (χ0v) is 14.5. The summed E-state index contributed by atoms with van der Waals surface area (Å²) < 4.78 is 0. The van der Waals surface area contributed by atoms with Gasteiger partial charge in [0.2, 0.25) is 5.95 Å². The number of nitrogens with zero attached hydrogens (tertiary/aromatic N) is 3. The van der Waals surface area contributed by atoms with E-state index in [-0.39, 0.29) is 0 Å². The van der Waals surface area contributed by atoms with Crippen LogP contribution < -0.4 is 10.6 Å². The Kier molecular flexibility index (Phi) is 6.25. The second kappa shape index (κ2) is 8.62. The normalized spacial score (nSPS) is 9.67. The van der Waals surface area contributed by atoms with Gasteiger partial charge in [-0.3, -0.25) is 4.98 Å². The van der Waals surface area contributed by atoms with Gasteiger partial charge in [0, 0.05) is 42.6 Å². The molecule has 3 rings (SSSR count). The molecule has 0 radical (unpaired) electrons. The van der Waals surface area contributed by atoms with Crippen molar-refractivity contribution in [2.75, 3.05) is 17.7 Å². The summed E-state index contributed by atoms with van der Waals surface area (Å²) in [4.78, 5) is 13.0. The Hall–Kier alpha value is -2.95. The Bertz CT molecular complexity index is 772. The van der Waals surface area contributed by atoms with Crippen LogP contribution in [0, 0.1) is 6.92 Å². The summed E-state index contributed by atoms with van der Waals surface area (Å²) >= 11 is 0. The van der Waals surface area contributed by atoms with E-state index >= 15 is 0 Å². The molecule has 5 nitrogen and oxygen atoms in total. The Labute approximate surface area is 143 Å². The smallest absolute Gasteiger partial charge is 0.227 e. The van der Waals surface area contributed by atoms with Crippen LogP contribution in [0.4, 0.5) is 17.3 Å². The van der Waals surface area contributed by atoms with E-state index in [9.17, 15) is 0 Å². The van der Waals surface area contributed by atoms with Gasteiger partial charge in [0.05, 0.1) is 5.69 Å². The van der Waals surface area contributed by atoms with Gasteiger partial charge in [-0.1, -0.05) is 19.9 Å². The third kappa shape index (κ3) is 4.29. The van der Waals surface area contributed by atoms with Crippen LogP contribution in [0.5, 0.6) is 0 Å². The fourth-order valence-electron chi connectivity index (χ4n) is 2.13. The number of aryl methyl sites for hydroxylation is 1. The molecule has 0 unspecified atom stereocenters. The maximum absolute atomic E-state index is 4.55. The average Bonchev–Trinajstić information content (AvgIpc) is 2.66. The molecular weight excluding hydrogens is 298 g/mol. The highest BCUT2D eigenvalue weighted by Crippen LogP contribution is 2.23. The average molecular weight is 321 g/mol. The van der Waals surface area contributed by atoms with Crippen LogP contribution in [0.2, 0.25) is 0 Å². The van der Waals surface area contributed by atoms with E-state index in [4.69, 9.17) is 0 Å². The van der Waals surface area contributed by atoms with Crippen LogP contribution in [0.3, 0.4) is 0 Å². The first kappa shape index (κ1) is 17.4. The quantitative estimate of drug-likeness (QED) is 0.732. The number of rotatable bonds is 4. The van der Waals surface area contributed by atoms with Crippen molar-refractivity contribution in [3.05, 3.63) is 60.6 Å². The lowest BCUT2D eigenvalue weighted by atomic mass is 10.2. The van der Waals surface area contributed by atoms with E-state index in [1.54, 1.807) is 18.6 Å². The number of pyridine rings is 1. The molecule has 0 fully saturated rings. The molecule has 0 spiro atoms. The third-order valence-electron chi connectivity index (χ3n) is 3.39. The molecule has 124 valence electrons. The Balaban J connectivity index is 0.00000100. The second-order valence-corrected chi connectivity index (χ2v) is 4.91.